The van der Waals surface area contributed by atoms with E-state index in [9.17, 15) is 4.79 Å². The fourth-order valence-corrected chi connectivity index (χ4v) is 3.05. The van der Waals surface area contributed by atoms with Crippen molar-refractivity contribution in [1.29, 1.82) is 0 Å². The molecule has 0 bridgehead atoms. The molecule has 1 aliphatic rings. The Kier molecular flexibility index (Phi) is 5.80. The zero-order chi connectivity index (χ0) is 15.2. The molecule has 21 heavy (non-hydrogen) atoms. The van der Waals surface area contributed by atoms with Gasteiger partial charge in [0.1, 0.15) is 0 Å². The second-order valence-electron chi connectivity index (χ2n) is 6.23. The van der Waals surface area contributed by atoms with Crippen molar-refractivity contribution in [1.82, 2.24) is 10.2 Å². The molecule has 0 unspecified atom stereocenters. The van der Waals surface area contributed by atoms with E-state index in [-0.39, 0.29) is 5.91 Å². The van der Waals surface area contributed by atoms with E-state index in [1.807, 2.05) is 4.90 Å². The number of likely N-dealkylation sites (N-methyl/N-ethyl adjacent to an activating group) is 1. The van der Waals surface area contributed by atoms with Gasteiger partial charge in [-0.05, 0) is 63.7 Å². The highest BCUT2D eigenvalue weighted by molar-refractivity contribution is 5.79. The number of amides is 1. The number of aryl methyl sites for hydroxylation is 2. The summed E-state index contributed by atoms with van der Waals surface area (Å²) in [5.74, 6) is 0.929. The lowest BCUT2D eigenvalue weighted by molar-refractivity contribution is -0.131. The minimum atomic E-state index is 0.268. The van der Waals surface area contributed by atoms with Crippen LogP contribution in [0.25, 0.3) is 0 Å². The van der Waals surface area contributed by atoms with Crippen molar-refractivity contribution in [2.24, 2.45) is 5.92 Å². The lowest BCUT2D eigenvalue weighted by Crippen LogP contribution is -2.40. The maximum absolute atomic E-state index is 12.6. The number of carbonyl (C=O) groups is 1. The van der Waals surface area contributed by atoms with Gasteiger partial charge in [0.2, 0.25) is 5.91 Å². The van der Waals surface area contributed by atoms with E-state index >= 15 is 0 Å². The first-order chi connectivity index (χ1) is 10.1. The highest BCUT2D eigenvalue weighted by Gasteiger charge is 2.20. The quantitative estimate of drug-likeness (QED) is 0.903. The molecular weight excluding hydrogens is 260 g/mol. The van der Waals surface area contributed by atoms with Crippen molar-refractivity contribution in [3.8, 4) is 0 Å². The Morgan fingerprint density at radius 2 is 2.00 bits per heavy atom. The zero-order valence-corrected chi connectivity index (χ0v) is 13.6. The average Bonchev–Trinajstić information content (AvgIpc) is 2.49. The van der Waals surface area contributed by atoms with Crippen LogP contribution in [0.3, 0.4) is 0 Å². The summed E-state index contributed by atoms with van der Waals surface area (Å²) in [5, 5.41) is 3.39. The van der Waals surface area contributed by atoms with Gasteiger partial charge >= 0.3 is 0 Å². The monoisotopic (exact) mass is 288 g/mol. The first-order valence-electron chi connectivity index (χ1n) is 8.14. The minimum absolute atomic E-state index is 0.268. The summed E-state index contributed by atoms with van der Waals surface area (Å²) in [5.41, 5.74) is 3.61. The van der Waals surface area contributed by atoms with Gasteiger partial charge < -0.3 is 10.2 Å². The third-order valence-corrected chi connectivity index (χ3v) is 4.52. The van der Waals surface area contributed by atoms with Crippen LogP contribution in [0.2, 0.25) is 0 Å². The molecule has 116 valence electrons. The van der Waals surface area contributed by atoms with Gasteiger partial charge in [-0.25, -0.2) is 0 Å². The topological polar surface area (TPSA) is 32.3 Å². The fourth-order valence-electron chi connectivity index (χ4n) is 3.05. The predicted molar refractivity (Wildman–Crippen MR) is 87.5 cm³/mol. The largest absolute Gasteiger partial charge is 0.342 e. The molecule has 1 heterocycles. The molecule has 1 amide bonds. The van der Waals surface area contributed by atoms with E-state index in [1.54, 1.807) is 0 Å². The number of nitrogens with one attached hydrogen (secondary N) is 1. The molecule has 0 saturated carbocycles. The van der Waals surface area contributed by atoms with E-state index in [1.165, 1.54) is 29.5 Å². The number of piperidine rings is 1. The zero-order valence-electron chi connectivity index (χ0n) is 13.6. The Hall–Kier alpha value is -1.35. The van der Waals surface area contributed by atoms with Gasteiger partial charge in [-0.2, -0.15) is 0 Å². The molecule has 1 fully saturated rings. The van der Waals surface area contributed by atoms with Gasteiger partial charge in [0.25, 0.3) is 0 Å². The number of carbonyl (C=O) groups excluding carboxylic acids is 1. The number of nitrogens with zero attached hydrogens (tertiary/aromatic N) is 1. The predicted octanol–water partition coefficient (Wildman–Crippen LogP) is 2.69. The molecule has 1 saturated heterocycles. The van der Waals surface area contributed by atoms with Gasteiger partial charge in [-0.3, -0.25) is 4.79 Å². The van der Waals surface area contributed by atoms with Crippen LogP contribution in [0, 0.1) is 19.8 Å². The molecule has 0 spiro atoms. The van der Waals surface area contributed by atoms with Crippen molar-refractivity contribution in [3.05, 3.63) is 34.9 Å². The molecule has 1 N–H and O–H groups in total. The third-order valence-electron chi connectivity index (χ3n) is 4.52. The molecular formula is C18H28N2O. The van der Waals surface area contributed by atoms with Crippen molar-refractivity contribution < 1.29 is 4.79 Å². The van der Waals surface area contributed by atoms with Crippen LogP contribution in [0.4, 0.5) is 0 Å². The van der Waals surface area contributed by atoms with Crippen LogP contribution < -0.4 is 5.32 Å². The first-order valence-corrected chi connectivity index (χ1v) is 8.14. The summed E-state index contributed by atoms with van der Waals surface area (Å²) < 4.78 is 0. The SMILES string of the molecule is CCN(CC1CCNCC1)C(=O)Cc1cc(C)ccc1C. The lowest BCUT2D eigenvalue weighted by Gasteiger charge is -2.29. The van der Waals surface area contributed by atoms with Crippen LogP contribution in [0.1, 0.15) is 36.5 Å². The maximum Gasteiger partial charge on any atom is 0.226 e. The molecule has 0 aromatic heterocycles. The van der Waals surface area contributed by atoms with Gasteiger partial charge in [0.05, 0.1) is 6.42 Å². The summed E-state index contributed by atoms with van der Waals surface area (Å²) in [7, 11) is 0. The summed E-state index contributed by atoms with van der Waals surface area (Å²) in [4.78, 5) is 14.6. The van der Waals surface area contributed by atoms with E-state index in [0.29, 0.717) is 12.3 Å². The molecule has 2 rings (SSSR count). The molecule has 0 radical (unpaired) electrons. The molecule has 0 aliphatic carbocycles. The molecule has 3 heteroatoms. The lowest BCUT2D eigenvalue weighted by atomic mass is 9.97. The van der Waals surface area contributed by atoms with Crippen molar-refractivity contribution >= 4 is 5.91 Å². The van der Waals surface area contributed by atoms with Crippen LogP contribution in [-0.4, -0.2) is 37.0 Å². The summed E-state index contributed by atoms with van der Waals surface area (Å²) in [6.45, 7) is 10.2. The number of benzene rings is 1. The fraction of sp³-hybridized carbons (Fsp3) is 0.611. The van der Waals surface area contributed by atoms with Gasteiger partial charge in [0.15, 0.2) is 0 Å². The van der Waals surface area contributed by atoms with E-state index in [2.05, 4.69) is 44.3 Å². The van der Waals surface area contributed by atoms with Crippen molar-refractivity contribution in [2.45, 2.75) is 40.0 Å². The summed E-state index contributed by atoms with van der Waals surface area (Å²) in [6.07, 6.45) is 2.91. The number of rotatable bonds is 5. The number of hydrogen-bond acceptors (Lipinski definition) is 2. The van der Waals surface area contributed by atoms with Gasteiger partial charge in [-0.1, -0.05) is 23.8 Å². The molecule has 1 aliphatic heterocycles. The van der Waals surface area contributed by atoms with Crippen LogP contribution in [-0.2, 0) is 11.2 Å². The van der Waals surface area contributed by atoms with Crippen molar-refractivity contribution in [3.63, 3.8) is 0 Å². The van der Waals surface area contributed by atoms with E-state index in [4.69, 9.17) is 0 Å². The normalized spacial score (nSPS) is 16.0. The molecule has 1 aromatic carbocycles. The molecule has 3 nitrogen and oxygen atoms in total. The summed E-state index contributed by atoms with van der Waals surface area (Å²) >= 11 is 0. The highest BCUT2D eigenvalue weighted by atomic mass is 16.2. The molecule has 0 atom stereocenters. The van der Waals surface area contributed by atoms with E-state index < -0.39 is 0 Å². The Morgan fingerprint density at radius 3 is 2.67 bits per heavy atom. The minimum Gasteiger partial charge on any atom is -0.342 e. The Morgan fingerprint density at radius 1 is 1.29 bits per heavy atom. The van der Waals surface area contributed by atoms with Crippen LogP contribution >= 0.6 is 0 Å². The first kappa shape index (κ1) is 16.0. The number of hydrogen-bond donors (Lipinski definition) is 1. The Balaban J connectivity index is 1.97. The van der Waals surface area contributed by atoms with Gasteiger partial charge in [-0.15, -0.1) is 0 Å². The highest BCUT2D eigenvalue weighted by Crippen LogP contribution is 2.16. The van der Waals surface area contributed by atoms with Crippen molar-refractivity contribution in [2.75, 3.05) is 26.2 Å². The Bertz CT molecular complexity index is 478. The second-order valence-corrected chi connectivity index (χ2v) is 6.23. The Labute approximate surface area is 128 Å². The second kappa shape index (κ2) is 7.60. The average molecular weight is 288 g/mol. The van der Waals surface area contributed by atoms with Crippen LogP contribution in [0.15, 0.2) is 18.2 Å². The van der Waals surface area contributed by atoms with E-state index in [0.717, 1.165) is 26.2 Å². The standard InChI is InChI=1S/C18H28N2O/c1-4-20(13-16-7-9-19-10-8-16)18(21)12-17-11-14(2)5-6-15(17)3/h5-6,11,16,19H,4,7-10,12-13H2,1-3H3. The maximum atomic E-state index is 12.6. The smallest absolute Gasteiger partial charge is 0.226 e. The van der Waals surface area contributed by atoms with Crippen LogP contribution in [0.5, 0.6) is 0 Å². The molecule has 1 aromatic rings. The third kappa shape index (κ3) is 4.57. The summed E-state index contributed by atoms with van der Waals surface area (Å²) in [6, 6.07) is 6.36. The van der Waals surface area contributed by atoms with Gasteiger partial charge in [0, 0.05) is 13.1 Å².